The Morgan fingerprint density at radius 1 is 1.50 bits per heavy atom. The minimum Gasteiger partial charge on any atom is -0.335 e. The second-order valence-electron chi connectivity index (χ2n) is 5.43. The Morgan fingerprint density at radius 2 is 2.25 bits per heavy atom. The van der Waals surface area contributed by atoms with E-state index in [1.165, 1.54) is 12.8 Å². The van der Waals surface area contributed by atoms with E-state index < -0.39 is 0 Å². The van der Waals surface area contributed by atoms with Crippen LogP contribution < -0.4 is 5.73 Å². The molecule has 1 aromatic heterocycles. The van der Waals surface area contributed by atoms with Crippen molar-refractivity contribution in [2.75, 3.05) is 13.1 Å². The molecule has 1 heterocycles. The molecular weight excluding hydrogens is 250 g/mol. The molecule has 4 heteroatoms. The van der Waals surface area contributed by atoms with Crippen LogP contribution in [0.5, 0.6) is 0 Å². The maximum absolute atomic E-state index is 12.5. The summed E-state index contributed by atoms with van der Waals surface area (Å²) in [6, 6.07) is 3.76. The van der Waals surface area contributed by atoms with Crippen molar-refractivity contribution in [2.24, 2.45) is 11.7 Å². The van der Waals surface area contributed by atoms with E-state index in [0.29, 0.717) is 18.2 Å². The number of hydrogen-bond acceptors (Lipinski definition) is 3. The summed E-state index contributed by atoms with van der Waals surface area (Å²) in [7, 11) is 0. The fraction of sp³-hybridized carbons (Fsp3) is 0.500. The predicted octanol–water partition coefficient (Wildman–Crippen LogP) is 1.65. The van der Waals surface area contributed by atoms with Crippen LogP contribution in [0, 0.1) is 17.8 Å². The largest absolute Gasteiger partial charge is 0.335 e. The molecule has 0 spiro atoms. The molecule has 0 aromatic carbocycles. The van der Waals surface area contributed by atoms with Crippen molar-refractivity contribution < 1.29 is 4.79 Å². The summed E-state index contributed by atoms with van der Waals surface area (Å²) in [4.78, 5) is 18.6. The van der Waals surface area contributed by atoms with Crippen molar-refractivity contribution in [3.63, 3.8) is 0 Å². The highest BCUT2D eigenvalue weighted by atomic mass is 16.2. The summed E-state index contributed by atoms with van der Waals surface area (Å²) in [5.74, 6) is 6.36. The van der Waals surface area contributed by atoms with Crippen molar-refractivity contribution in [1.82, 2.24) is 9.88 Å². The van der Waals surface area contributed by atoms with Gasteiger partial charge >= 0.3 is 0 Å². The second kappa shape index (κ2) is 6.53. The third-order valence-electron chi connectivity index (χ3n) is 3.35. The van der Waals surface area contributed by atoms with Gasteiger partial charge in [0.25, 0.3) is 5.91 Å². The van der Waals surface area contributed by atoms with E-state index in [9.17, 15) is 4.79 Å². The summed E-state index contributed by atoms with van der Waals surface area (Å²) >= 11 is 0. The fourth-order valence-electron chi connectivity index (χ4n) is 2.00. The van der Waals surface area contributed by atoms with Gasteiger partial charge < -0.3 is 10.6 Å². The van der Waals surface area contributed by atoms with Gasteiger partial charge in [0.05, 0.1) is 6.54 Å². The number of pyridine rings is 1. The van der Waals surface area contributed by atoms with E-state index in [4.69, 9.17) is 5.73 Å². The van der Waals surface area contributed by atoms with Crippen molar-refractivity contribution in [3.05, 3.63) is 29.6 Å². The fourth-order valence-corrected chi connectivity index (χ4v) is 2.00. The van der Waals surface area contributed by atoms with Crippen molar-refractivity contribution in [3.8, 4) is 11.8 Å². The molecule has 1 aliphatic rings. The minimum atomic E-state index is 0.00485. The monoisotopic (exact) mass is 271 g/mol. The third-order valence-corrected chi connectivity index (χ3v) is 3.35. The number of carbonyl (C=O) groups excluding carboxylic acids is 1. The standard InChI is InChI=1S/C16H21N3O/c1-12(2)19(11-14-5-6-14)16(20)15-8-7-13(10-18-15)4-3-9-17/h7-8,10,12,14H,5-6,9,11,17H2,1-2H3. The first-order valence-corrected chi connectivity index (χ1v) is 7.07. The SMILES string of the molecule is CC(C)N(CC1CC1)C(=O)c1ccc(C#CCN)cn1. The van der Waals surface area contributed by atoms with Crippen LogP contribution in [-0.4, -0.2) is 34.9 Å². The van der Waals surface area contributed by atoms with Crippen molar-refractivity contribution >= 4 is 5.91 Å². The number of carbonyl (C=O) groups is 1. The number of nitrogens with zero attached hydrogens (tertiary/aromatic N) is 2. The van der Waals surface area contributed by atoms with Crippen molar-refractivity contribution in [1.29, 1.82) is 0 Å². The molecule has 2 rings (SSSR count). The third kappa shape index (κ3) is 3.82. The van der Waals surface area contributed by atoms with Crippen LogP contribution >= 0.6 is 0 Å². The van der Waals surface area contributed by atoms with E-state index in [1.54, 1.807) is 12.3 Å². The maximum Gasteiger partial charge on any atom is 0.272 e. The summed E-state index contributed by atoms with van der Waals surface area (Å²) in [5, 5.41) is 0. The molecule has 0 aliphatic heterocycles. The van der Waals surface area contributed by atoms with E-state index in [-0.39, 0.29) is 11.9 Å². The molecule has 0 unspecified atom stereocenters. The van der Waals surface area contributed by atoms with Gasteiger partial charge in [0, 0.05) is 24.3 Å². The number of rotatable bonds is 4. The zero-order valence-corrected chi connectivity index (χ0v) is 12.1. The average molecular weight is 271 g/mol. The minimum absolute atomic E-state index is 0.00485. The van der Waals surface area contributed by atoms with Crippen LogP contribution in [0.4, 0.5) is 0 Å². The average Bonchev–Trinajstić information content (AvgIpc) is 3.26. The first kappa shape index (κ1) is 14.5. The summed E-state index contributed by atoms with van der Waals surface area (Å²) in [6.45, 7) is 5.25. The first-order valence-electron chi connectivity index (χ1n) is 7.07. The number of hydrogen-bond donors (Lipinski definition) is 1. The van der Waals surface area contributed by atoms with Crippen LogP contribution in [0.15, 0.2) is 18.3 Å². The van der Waals surface area contributed by atoms with E-state index in [1.807, 2.05) is 24.8 Å². The van der Waals surface area contributed by atoms with Crippen LogP contribution in [-0.2, 0) is 0 Å². The molecule has 1 aromatic rings. The zero-order valence-electron chi connectivity index (χ0n) is 12.1. The molecule has 106 valence electrons. The van der Waals surface area contributed by atoms with Gasteiger partial charge in [0.2, 0.25) is 0 Å². The lowest BCUT2D eigenvalue weighted by Crippen LogP contribution is -2.38. The lowest BCUT2D eigenvalue weighted by atomic mass is 10.2. The lowest BCUT2D eigenvalue weighted by molar-refractivity contribution is 0.0690. The van der Waals surface area contributed by atoms with Gasteiger partial charge in [0.1, 0.15) is 5.69 Å². The molecule has 1 amide bonds. The van der Waals surface area contributed by atoms with Crippen LogP contribution in [0.1, 0.15) is 42.7 Å². The molecule has 1 fully saturated rings. The molecule has 0 atom stereocenters. The molecule has 1 aliphatic carbocycles. The Labute approximate surface area is 120 Å². The molecular formula is C16H21N3O. The Hall–Kier alpha value is -1.86. The number of aromatic nitrogens is 1. The number of nitrogens with two attached hydrogens (primary N) is 1. The molecule has 1 saturated carbocycles. The van der Waals surface area contributed by atoms with E-state index in [2.05, 4.69) is 16.8 Å². The zero-order chi connectivity index (χ0) is 14.5. The van der Waals surface area contributed by atoms with E-state index >= 15 is 0 Å². The summed E-state index contributed by atoms with van der Waals surface area (Å²) in [6.07, 6.45) is 4.10. The topological polar surface area (TPSA) is 59.2 Å². The molecule has 20 heavy (non-hydrogen) atoms. The Kier molecular flexibility index (Phi) is 4.75. The predicted molar refractivity (Wildman–Crippen MR) is 79.1 cm³/mol. The van der Waals surface area contributed by atoms with Gasteiger partial charge in [-0.1, -0.05) is 11.8 Å². The lowest BCUT2D eigenvalue weighted by Gasteiger charge is -2.26. The molecule has 0 radical (unpaired) electrons. The van der Waals surface area contributed by atoms with Crippen molar-refractivity contribution in [2.45, 2.75) is 32.7 Å². The van der Waals surface area contributed by atoms with Gasteiger partial charge in [-0.05, 0) is 44.7 Å². The molecule has 2 N–H and O–H groups in total. The Balaban J connectivity index is 2.09. The van der Waals surface area contributed by atoms with Crippen LogP contribution in [0.3, 0.4) is 0 Å². The molecule has 0 saturated heterocycles. The molecule has 4 nitrogen and oxygen atoms in total. The maximum atomic E-state index is 12.5. The highest BCUT2D eigenvalue weighted by Crippen LogP contribution is 2.30. The smallest absolute Gasteiger partial charge is 0.272 e. The highest BCUT2D eigenvalue weighted by Gasteiger charge is 2.29. The van der Waals surface area contributed by atoms with Gasteiger partial charge in [-0.3, -0.25) is 4.79 Å². The molecule has 0 bridgehead atoms. The Bertz CT molecular complexity index is 521. The van der Waals surface area contributed by atoms with Gasteiger partial charge in [-0.15, -0.1) is 0 Å². The second-order valence-corrected chi connectivity index (χ2v) is 5.43. The summed E-state index contributed by atoms with van der Waals surface area (Å²) in [5.41, 5.74) is 6.59. The number of amides is 1. The quantitative estimate of drug-likeness (QED) is 0.847. The first-order chi connectivity index (χ1) is 9.61. The Morgan fingerprint density at radius 3 is 2.75 bits per heavy atom. The van der Waals surface area contributed by atoms with Gasteiger partial charge in [-0.25, -0.2) is 4.98 Å². The normalized spacial score (nSPS) is 13.8. The van der Waals surface area contributed by atoms with E-state index in [0.717, 1.165) is 12.1 Å². The van der Waals surface area contributed by atoms with Gasteiger partial charge in [-0.2, -0.15) is 0 Å². The van der Waals surface area contributed by atoms with Gasteiger partial charge in [0.15, 0.2) is 0 Å². The summed E-state index contributed by atoms with van der Waals surface area (Å²) < 4.78 is 0. The van der Waals surface area contributed by atoms with Crippen LogP contribution in [0.2, 0.25) is 0 Å². The highest BCUT2D eigenvalue weighted by molar-refractivity contribution is 5.92. The van der Waals surface area contributed by atoms with Crippen LogP contribution in [0.25, 0.3) is 0 Å².